The summed E-state index contributed by atoms with van der Waals surface area (Å²) in [6.45, 7) is 4.40. The highest BCUT2D eigenvalue weighted by molar-refractivity contribution is 7.22. The number of anilines is 1. The van der Waals surface area contributed by atoms with Gasteiger partial charge in [0.1, 0.15) is 23.4 Å². The Labute approximate surface area is 227 Å². The van der Waals surface area contributed by atoms with Crippen molar-refractivity contribution >= 4 is 55.7 Å². The summed E-state index contributed by atoms with van der Waals surface area (Å²) in [7, 11) is 0. The molecular formula is C29H23ClN2O5S. The summed E-state index contributed by atoms with van der Waals surface area (Å²) in [6, 6.07) is 16.8. The lowest BCUT2D eigenvalue weighted by molar-refractivity contribution is -0.132. The van der Waals surface area contributed by atoms with Crippen molar-refractivity contribution in [3.05, 3.63) is 87.9 Å². The van der Waals surface area contributed by atoms with Crippen LogP contribution >= 0.6 is 22.9 Å². The lowest BCUT2D eigenvalue weighted by Crippen LogP contribution is -2.29. The van der Waals surface area contributed by atoms with E-state index in [1.165, 1.54) is 16.2 Å². The fraction of sp³-hybridized carbons (Fsp3) is 0.207. The molecule has 192 valence electrons. The highest BCUT2D eigenvalue weighted by Gasteiger charge is 2.48. The standard InChI is InChI=1S/C29H23ClN2O5S/c1-3-36-20-9-10-21-23(14-20)38-29(31-21)32-25(16-4-7-19(30)8-5-16)24(27(34)28(32)35)26(33)17-6-11-22-18(13-17)12-15(2)37-22/h4-11,13-15,25,33H,3,12H2,1-2H3/t15-,25-/m1/s1. The second-order valence-electron chi connectivity index (χ2n) is 9.23. The maximum atomic E-state index is 13.5. The summed E-state index contributed by atoms with van der Waals surface area (Å²) in [5.74, 6) is -0.325. The number of ketones is 1. The minimum absolute atomic E-state index is 0.00139. The minimum Gasteiger partial charge on any atom is -0.507 e. The molecule has 1 aromatic heterocycles. The number of amides is 1. The lowest BCUT2D eigenvalue weighted by atomic mass is 9.94. The number of aliphatic hydroxyl groups is 1. The van der Waals surface area contributed by atoms with Gasteiger partial charge in [-0.1, -0.05) is 35.1 Å². The van der Waals surface area contributed by atoms with E-state index >= 15 is 0 Å². The van der Waals surface area contributed by atoms with Gasteiger partial charge in [0.05, 0.1) is 28.4 Å². The number of Topliss-reactive ketones (excluding diaryl/α,β-unsaturated/α-hetero) is 1. The second-order valence-corrected chi connectivity index (χ2v) is 10.7. The Bertz CT molecular complexity index is 1630. The maximum Gasteiger partial charge on any atom is 0.301 e. The number of hydrogen-bond acceptors (Lipinski definition) is 7. The van der Waals surface area contributed by atoms with Gasteiger partial charge in [0.15, 0.2) is 5.13 Å². The molecule has 1 amide bonds. The van der Waals surface area contributed by atoms with E-state index in [1.807, 2.05) is 38.1 Å². The molecule has 0 radical (unpaired) electrons. The third kappa shape index (κ3) is 4.10. The quantitative estimate of drug-likeness (QED) is 0.179. The van der Waals surface area contributed by atoms with Crippen LogP contribution in [0.1, 0.15) is 36.6 Å². The number of nitrogens with zero attached hydrogens (tertiary/aromatic N) is 2. The summed E-state index contributed by atoms with van der Waals surface area (Å²) in [5, 5.41) is 12.3. The van der Waals surface area contributed by atoms with Gasteiger partial charge >= 0.3 is 5.91 Å². The molecule has 7 nitrogen and oxygen atoms in total. The first-order valence-electron chi connectivity index (χ1n) is 12.2. The van der Waals surface area contributed by atoms with Crippen LogP contribution in [0.4, 0.5) is 5.13 Å². The molecule has 3 heterocycles. The lowest BCUT2D eigenvalue weighted by Gasteiger charge is -2.23. The first-order chi connectivity index (χ1) is 18.3. The molecule has 1 saturated heterocycles. The number of carbonyl (C=O) groups excluding carboxylic acids is 2. The number of benzene rings is 3. The molecule has 6 rings (SSSR count). The van der Waals surface area contributed by atoms with E-state index in [2.05, 4.69) is 4.98 Å². The van der Waals surface area contributed by atoms with Crippen molar-refractivity contribution in [2.24, 2.45) is 0 Å². The van der Waals surface area contributed by atoms with E-state index < -0.39 is 17.7 Å². The molecule has 0 spiro atoms. The molecule has 4 aromatic rings. The van der Waals surface area contributed by atoms with Crippen molar-refractivity contribution < 1.29 is 24.2 Å². The van der Waals surface area contributed by atoms with Gasteiger partial charge < -0.3 is 14.6 Å². The zero-order chi connectivity index (χ0) is 26.6. The number of aromatic nitrogens is 1. The molecule has 0 unspecified atom stereocenters. The summed E-state index contributed by atoms with van der Waals surface area (Å²) >= 11 is 7.42. The number of fused-ring (bicyclic) bond motifs is 2. The largest absolute Gasteiger partial charge is 0.507 e. The Hall–Kier alpha value is -3.88. The number of aliphatic hydroxyl groups excluding tert-OH is 1. The van der Waals surface area contributed by atoms with Crippen LogP contribution < -0.4 is 14.4 Å². The average molecular weight is 547 g/mol. The summed E-state index contributed by atoms with van der Waals surface area (Å²) in [4.78, 5) is 33.0. The van der Waals surface area contributed by atoms with E-state index in [9.17, 15) is 14.7 Å². The van der Waals surface area contributed by atoms with Crippen molar-refractivity contribution in [2.75, 3.05) is 11.5 Å². The van der Waals surface area contributed by atoms with Crippen molar-refractivity contribution in [2.45, 2.75) is 32.4 Å². The topological polar surface area (TPSA) is 89.0 Å². The zero-order valence-electron chi connectivity index (χ0n) is 20.6. The Morgan fingerprint density at radius 3 is 2.71 bits per heavy atom. The van der Waals surface area contributed by atoms with E-state index in [4.69, 9.17) is 21.1 Å². The maximum absolute atomic E-state index is 13.5. The summed E-state index contributed by atoms with van der Waals surface area (Å²) in [6.07, 6.45) is 0.727. The molecule has 9 heteroatoms. The van der Waals surface area contributed by atoms with Crippen LogP contribution in [0.5, 0.6) is 11.5 Å². The molecule has 38 heavy (non-hydrogen) atoms. The van der Waals surface area contributed by atoms with Gasteiger partial charge in [-0.2, -0.15) is 0 Å². The predicted octanol–water partition coefficient (Wildman–Crippen LogP) is 6.30. The summed E-state index contributed by atoms with van der Waals surface area (Å²) < 4.78 is 12.2. The number of carbonyl (C=O) groups is 2. The van der Waals surface area contributed by atoms with Crippen molar-refractivity contribution in [1.29, 1.82) is 0 Å². The van der Waals surface area contributed by atoms with Crippen LogP contribution in [-0.2, 0) is 16.0 Å². The van der Waals surface area contributed by atoms with Crippen molar-refractivity contribution in [3.63, 3.8) is 0 Å². The van der Waals surface area contributed by atoms with E-state index in [1.54, 1.807) is 36.4 Å². The average Bonchev–Trinajstić information content (AvgIpc) is 3.56. The number of ether oxygens (including phenoxy) is 2. The van der Waals surface area contributed by atoms with Gasteiger partial charge in [0, 0.05) is 17.0 Å². The summed E-state index contributed by atoms with van der Waals surface area (Å²) in [5.41, 5.74) is 2.69. The third-order valence-corrected chi connectivity index (χ3v) is 7.93. The van der Waals surface area contributed by atoms with Gasteiger partial charge in [-0.25, -0.2) is 4.98 Å². The first kappa shape index (κ1) is 24.5. The molecule has 1 fully saturated rings. The first-order valence-corrected chi connectivity index (χ1v) is 13.4. The van der Waals surface area contributed by atoms with Crippen LogP contribution in [0.2, 0.25) is 5.02 Å². The molecule has 2 aliphatic heterocycles. The molecule has 0 saturated carbocycles. The third-order valence-electron chi connectivity index (χ3n) is 6.67. The Morgan fingerprint density at radius 1 is 1.16 bits per heavy atom. The SMILES string of the molecule is CCOc1ccc2nc(N3C(=O)C(=O)C(=C(O)c4ccc5c(c4)C[C@@H](C)O5)[C@H]3c3ccc(Cl)cc3)sc2c1. The molecule has 2 atom stereocenters. The van der Waals surface area contributed by atoms with Crippen LogP contribution in [0.15, 0.2) is 66.2 Å². The van der Waals surface area contributed by atoms with Gasteiger partial charge in [0.25, 0.3) is 5.78 Å². The smallest absolute Gasteiger partial charge is 0.301 e. The second kappa shape index (κ2) is 9.45. The van der Waals surface area contributed by atoms with Gasteiger partial charge in [-0.3, -0.25) is 14.5 Å². The monoisotopic (exact) mass is 546 g/mol. The number of halogens is 1. The Kier molecular flexibility index (Phi) is 6.08. The molecule has 1 N–H and O–H groups in total. The van der Waals surface area contributed by atoms with E-state index in [-0.39, 0.29) is 17.4 Å². The molecule has 3 aromatic carbocycles. The highest BCUT2D eigenvalue weighted by Crippen LogP contribution is 2.45. The molecule has 0 bridgehead atoms. The number of thiazole rings is 1. The Morgan fingerprint density at radius 2 is 1.95 bits per heavy atom. The number of rotatable bonds is 5. The molecule has 0 aliphatic carbocycles. The fourth-order valence-corrected chi connectivity index (χ4v) is 6.11. The van der Waals surface area contributed by atoms with Crippen LogP contribution in [0.3, 0.4) is 0 Å². The van der Waals surface area contributed by atoms with Gasteiger partial charge in [0.2, 0.25) is 0 Å². The van der Waals surface area contributed by atoms with E-state index in [0.29, 0.717) is 45.6 Å². The zero-order valence-corrected chi connectivity index (χ0v) is 22.2. The van der Waals surface area contributed by atoms with Crippen LogP contribution in [0, 0.1) is 0 Å². The Balaban J connectivity index is 1.50. The predicted molar refractivity (Wildman–Crippen MR) is 147 cm³/mol. The van der Waals surface area contributed by atoms with Crippen molar-refractivity contribution in [1.82, 2.24) is 4.98 Å². The molecule has 2 aliphatic rings. The number of hydrogen-bond donors (Lipinski definition) is 1. The minimum atomic E-state index is -0.886. The highest BCUT2D eigenvalue weighted by atomic mass is 35.5. The van der Waals surface area contributed by atoms with E-state index in [0.717, 1.165) is 16.0 Å². The van der Waals surface area contributed by atoms with Gasteiger partial charge in [-0.05, 0) is 73.5 Å². The van der Waals surface area contributed by atoms with Crippen molar-refractivity contribution in [3.8, 4) is 11.5 Å². The normalized spacial score (nSPS) is 20.1. The van der Waals surface area contributed by atoms with Crippen LogP contribution in [0.25, 0.3) is 16.0 Å². The fourth-order valence-electron chi connectivity index (χ4n) is 4.97. The van der Waals surface area contributed by atoms with Gasteiger partial charge in [-0.15, -0.1) is 0 Å². The molecular weight excluding hydrogens is 524 g/mol. The van der Waals surface area contributed by atoms with Crippen LogP contribution in [-0.4, -0.2) is 34.5 Å².